The van der Waals surface area contributed by atoms with E-state index in [4.69, 9.17) is 9.47 Å². The maximum atomic E-state index is 14.2. The molecule has 3 atom stereocenters. The Hall–Kier alpha value is -3.74. The lowest BCUT2D eigenvalue weighted by molar-refractivity contribution is -0.152. The van der Waals surface area contributed by atoms with Crippen molar-refractivity contribution >= 4 is 17.7 Å². The number of carbonyl (C=O) groups is 3. The van der Waals surface area contributed by atoms with Crippen molar-refractivity contribution in [2.24, 2.45) is 5.92 Å². The molecule has 1 aromatic carbocycles. The zero-order chi connectivity index (χ0) is 25.7. The summed E-state index contributed by atoms with van der Waals surface area (Å²) in [6.45, 7) is 5.89. The summed E-state index contributed by atoms with van der Waals surface area (Å²) in [4.78, 5) is 45.2. The summed E-state index contributed by atoms with van der Waals surface area (Å²) in [7, 11) is 0. The number of hydrogen-bond acceptors (Lipinski definition) is 7. The Balaban J connectivity index is 1.91. The summed E-state index contributed by atoms with van der Waals surface area (Å²) in [5.74, 6) is -3.52. The third-order valence-electron chi connectivity index (χ3n) is 6.65. The molecule has 2 heterocycles. The molecule has 1 N–H and O–H groups in total. The van der Waals surface area contributed by atoms with E-state index in [9.17, 15) is 14.4 Å². The van der Waals surface area contributed by atoms with Gasteiger partial charge in [-0.2, -0.15) is 0 Å². The topological polar surface area (TPSA) is 94.6 Å². The van der Waals surface area contributed by atoms with Crippen molar-refractivity contribution in [3.05, 3.63) is 88.5 Å². The minimum atomic E-state index is -1.02. The van der Waals surface area contributed by atoms with E-state index in [1.807, 2.05) is 43.3 Å². The summed E-state index contributed by atoms with van der Waals surface area (Å²) in [5, 5.41) is 3.42. The van der Waals surface area contributed by atoms with Crippen LogP contribution in [-0.4, -0.2) is 35.9 Å². The van der Waals surface area contributed by atoms with Crippen molar-refractivity contribution in [2.45, 2.75) is 51.9 Å². The van der Waals surface area contributed by atoms with Crippen LogP contribution in [0.15, 0.2) is 77.3 Å². The zero-order valence-corrected chi connectivity index (χ0v) is 21.0. The van der Waals surface area contributed by atoms with Crippen LogP contribution in [0.5, 0.6) is 0 Å². The maximum Gasteiger partial charge on any atom is 0.336 e. The quantitative estimate of drug-likeness (QED) is 0.429. The van der Waals surface area contributed by atoms with Gasteiger partial charge in [0.1, 0.15) is 5.92 Å². The zero-order valence-electron chi connectivity index (χ0n) is 21.0. The Kier molecular flexibility index (Phi) is 7.98. The van der Waals surface area contributed by atoms with Gasteiger partial charge in [-0.1, -0.05) is 49.7 Å². The Morgan fingerprint density at radius 1 is 1.00 bits per heavy atom. The van der Waals surface area contributed by atoms with E-state index in [2.05, 4.69) is 10.3 Å². The van der Waals surface area contributed by atoms with E-state index in [0.717, 1.165) is 23.4 Å². The van der Waals surface area contributed by atoms with Gasteiger partial charge in [-0.3, -0.25) is 14.6 Å². The van der Waals surface area contributed by atoms with Crippen LogP contribution in [0.3, 0.4) is 0 Å². The van der Waals surface area contributed by atoms with E-state index in [1.54, 1.807) is 32.2 Å². The summed E-state index contributed by atoms with van der Waals surface area (Å²) in [6.07, 6.45) is 3.48. The van der Waals surface area contributed by atoms with Gasteiger partial charge in [0.05, 0.1) is 30.4 Å². The van der Waals surface area contributed by atoms with Crippen LogP contribution < -0.4 is 5.32 Å². The molecule has 0 saturated carbocycles. The predicted molar refractivity (Wildman–Crippen MR) is 135 cm³/mol. The highest BCUT2D eigenvalue weighted by Gasteiger charge is 2.49. The number of dihydropyridines is 1. The number of Topliss-reactive ketones (excluding diaryl/α,β-unsaturated/α-hetero) is 1. The molecule has 0 bridgehead atoms. The lowest BCUT2D eigenvalue weighted by atomic mass is 9.67. The summed E-state index contributed by atoms with van der Waals surface area (Å²) < 4.78 is 10.8. The number of esters is 2. The highest BCUT2D eigenvalue weighted by Crippen LogP contribution is 2.48. The van der Waals surface area contributed by atoms with Crippen LogP contribution in [0.1, 0.15) is 63.1 Å². The van der Waals surface area contributed by atoms with Gasteiger partial charge in [0.25, 0.3) is 0 Å². The van der Waals surface area contributed by atoms with Crippen molar-refractivity contribution in [3.63, 3.8) is 0 Å². The predicted octanol–water partition coefficient (Wildman–Crippen LogP) is 4.58. The molecule has 36 heavy (non-hydrogen) atoms. The summed E-state index contributed by atoms with van der Waals surface area (Å²) >= 11 is 0. The molecule has 7 heteroatoms. The molecule has 0 spiro atoms. The first-order chi connectivity index (χ1) is 17.5. The monoisotopic (exact) mass is 488 g/mol. The number of nitrogens with zero attached hydrogens (tertiary/aromatic N) is 1. The van der Waals surface area contributed by atoms with E-state index in [1.165, 1.54) is 0 Å². The van der Waals surface area contributed by atoms with Crippen LogP contribution in [0, 0.1) is 5.92 Å². The molecule has 2 aromatic rings. The standard InChI is InChI=1S/C29H32N2O5/c1-4-12-21-26(29(34)36-6-3)24(20-15-10-11-16-30-20)25-22(31-21)17-19(18-13-8-7-9-14-18)23(27(25)32)28(33)35-5-2/h7-11,13-16,19,23-24,31H,4-6,12,17H2,1-3H3/t19-,23+,24-/m0/s1. The van der Waals surface area contributed by atoms with Crippen molar-refractivity contribution < 1.29 is 23.9 Å². The number of hydrogen-bond donors (Lipinski definition) is 1. The van der Waals surface area contributed by atoms with Crippen LogP contribution in [0.2, 0.25) is 0 Å². The fourth-order valence-corrected chi connectivity index (χ4v) is 5.20. The van der Waals surface area contributed by atoms with Crippen LogP contribution in [0.4, 0.5) is 0 Å². The number of ketones is 1. The molecule has 0 amide bonds. The second-order valence-corrected chi connectivity index (χ2v) is 8.88. The molecule has 1 aromatic heterocycles. The minimum Gasteiger partial charge on any atom is -0.465 e. The van der Waals surface area contributed by atoms with Crippen molar-refractivity contribution in [2.75, 3.05) is 13.2 Å². The number of ether oxygens (including phenoxy) is 2. The molecule has 188 valence electrons. The molecule has 1 aliphatic heterocycles. The second-order valence-electron chi connectivity index (χ2n) is 8.88. The maximum absolute atomic E-state index is 14.2. The van der Waals surface area contributed by atoms with Crippen molar-refractivity contribution in [1.29, 1.82) is 0 Å². The molecule has 7 nitrogen and oxygen atoms in total. The first kappa shape index (κ1) is 25.4. The molecule has 0 unspecified atom stereocenters. The first-order valence-electron chi connectivity index (χ1n) is 12.6. The number of carbonyl (C=O) groups excluding carboxylic acids is 3. The smallest absolute Gasteiger partial charge is 0.336 e. The van der Waals surface area contributed by atoms with Gasteiger partial charge in [0.2, 0.25) is 0 Å². The Morgan fingerprint density at radius 3 is 2.36 bits per heavy atom. The number of allylic oxidation sites excluding steroid dienone is 3. The highest BCUT2D eigenvalue weighted by atomic mass is 16.5. The van der Waals surface area contributed by atoms with Gasteiger partial charge in [0, 0.05) is 29.1 Å². The number of aromatic nitrogens is 1. The Bertz CT molecular complexity index is 1190. The number of rotatable bonds is 8. The molecule has 0 radical (unpaired) electrons. The van der Waals surface area contributed by atoms with Crippen molar-refractivity contribution in [1.82, 2.24) is 10.3 Å². The van der Waals surface area contributed by atoms with E-state index in [0.29, 0.717) is 29.7 Å². The third-order valence-corrected chi connectivity index (χ3v) is 6.65. The fraction of sp³-hybridized carbons (Fsp3) is 0.379. The largest absolute Gasteiger partial charge is 0.465 e. The summed E-state index contributed by atoms with van der Waals surface area (Å²) in [5.41, 5.74) is 3.69. The van der Waals surface area contributed by atoms with Gasteiger partial charge in [-0.15, -0.1) is 0 Å². The van der Waals surface area contributed by atoms with Crippen molar-refractivity contribution in [3.8, 4) is 0 Å². The van der Waals surface area contributed by atoms with E-state index >= 15 is 0 Å². The third kappa shape index (κ3) is 4.83. The summed E-state index contributed by atoms with van der Waals surface area (Å²) in [6, 6.07) is 15.0. The van der Waals surface area contributed by atoms with Gasteiger partial charge < -0.3 is 14.8 Å². The first-order valence-corrected chi connectivity index (χ1v) is 12.6. The van der Waals surface area contributed by atoms with Gasteiger partial charge in [-0.05, 0) is 44.4 Å². The van der Waals surface area contributed by atoms with Crippen LogP contribution in [-0.2, 0) is 23.9 Å². The molecule has 0 fully saturated rings. The molecule has 0 saturated heterocycles. The molecular weight excluding hydrogens is 456 g/mol. The Morgan fingerprint density at radius 2 is 1.72 bits per heavy atom. The molecular formula is C29H32N2O5. The van der Waals surface area contributed by atoms with Gasteiger partial charge in [-0.25, -0.2) is 4.79 Å². The highest BCUT2D eigenvalue weighted by molar-refractivity contribution is 6.13. The number of pyridine rings is 1. The lowest BCUT2D eigenvalue weighted by Crippen LogP contribution is -2.44. The molecule has 2 aliphatic rings. The lowest BCUT2D eigenvalue weighted by Gasteiger charge is -2.39. The van der Waals surface area contributed by atoms with Crippen LogP contribution >= 0.6 is 0 Å². The van der Waals surface area contributed by atoms with Gasteiger partial charge in [0.15, 0.2) is 5.78 Å². The number of nitrogens with one attached hydrogen (secondary N) is 1. The Labute approximate surface area is 211 Å². The average molecular weight is 489 g/mol. The molecule has 1 aliphatic carbocycles. The number of benzene rings is 1. The van der Waals surface area contributed by atoms with E-state index in [-0.39, 0.29) is 24.9 Å². The second kappa shape index (κ2) is 11.3. The van der Waals surface area contributed by atoms with E-state index < -0.39 is 23.8 Å². The minimum absolute atomic E-state index is 0.173. The SMILES string of the molecule is CCCC1=C(C(=O)OCC)[C@@H](c2ccccn2)C2=C(C[C@@H](c3ccccc3)[C@@H](C(=O)OCC)C2=O)N1. The van der Waals surface area contributed by atoms with Gasteiger partial charge >= 0.3 is 11.9 Å². The normalized spacial score (nSPS) is 21.5. The fourth-order valence-electron chi connectivity index (χ4n) is 5.20. The molecule has 4 rings (SSSR count). The average Bonchev–Trinajstić information content (AvgIpc) is 2.89. The van der Waals surface area contributed by atoms with Crippen LogP contribution in [0.25, 0.3) is 0 Å².